The Morgan fingerprint density at radius 3 is 2.81 bits per heavy atom. The molecule has 1 aliphatic heterocycles. The zero-order valence-corrected chi connectivity index (χ0v) is 10.6. The first-order chi connectivity index (χ1) is 7.52. The lowest BCUT2D eigenvalue weighted by Gasteiger charge is -2.36. The molecule has 0 saturated carbocycles. The molecule has 4 heteroatoms. The first kappa shape index (κ1) is 13.5. The summed E-state index contributed by atoms with van der Waals surface area (Å²) in [4.78, 5) is 13.8. The van der Waals surface area contributed by atoms with Crippen molar-refractivity contribution in [1.29, 1.82) is 0 Å². The molecule has 0 aromatic carbocycles. The summed E-state index contributed by atoms with van der Waals surface area (Å²) in [5.41, 5.74) is 5.66. The van der Waals surface area contributed by atoms with Crippen LogP contribution in [0.5, 0.6) is 0 Å². The Morgan fingerprint density at radius 2 is 2.25 bits per heavy atom. The highest BCUT2D eigenvalue weighted by atomic mass is 16.5. The van der Waals surface area contributed by atoms with Crippen LogP contribution in [0.15, 0.2) is 0 Å². The number of rotatable bonds is 4. The van der Waals surface area contributed by atoms with Crippen LogP contribution in [-0.4, -0.2) is 42.1 Å². The van der Waals surface area contributed by atoms with Crippen molar-refractivity contribution >= 4 is 5.91 Å². The minimum atomic E-state index is 0.101. The minimum Gasteiger partial charge on any atom is -0.372 e. The highest BCUT2D eigenvalue weighted by Crippen LogP contribution is 2.15. The maximum Gasteiger partial charge on any atom is 0.222 e. The van der Waals surface area contributed by atoms with E-state index < -0.39 is 0 Å². The molecule has 0 radical (unpaired) electrons. The van der Waals surface area contributed by atoms with E-state index in [9.17, 15) is 4.79 Å². The van der Waals surface area contributed by atoms with Gasteiger partial charge >= 0.3 is 0 Å². The molecule has 2 N–H and O–H groups in total. The molecule has 1 fully saturated rings. The van der Waals surface area contributed by atoms with Crippen LogP contribution in [0.1, 0.15) is 40.0 Å². The van der Waals surface area contributed by atoms with Gasteiger partial charge in [-0.1, -0.05) is 6.92 Å². The third kappa shape index (κ3) is 4.10. The van der Waals surface area contributed by atoms with Gasteiger partial charge in [-0.25, -0.2) is 0 Å². The third-order valence-electron chi connectivity index (χ3n) is 2.95. The molecule has 3 unspecified atom stereocenters. The zero-order valence-electron chi connectivity index (χ0n) is 10.6. The maximum atomic E-state index is 11.9. The second-order valence-corrected chi connectivity index (χ2v) is 4.79. The summed E-state index contributed by atoms with van der Waals surface area (Å²) in [7, 11) is 0. The second-order valence-electron chi connectivity index (χ2n) is 4.79. The van der Waals surface area contributed by atoms with Crippen LogP contribution in [0.2, 0.25) is 0 Å². The molecule has 0 aromatic rings. The molecular weight excluding hydrogens is 204 g/mol. The molecule has 1 heterocycles. The topological polar surface area (TPSA) is 55.6 Å². The van der Waals surface area contributed by atoms with E-state index in [0.717, 1.165) is 19.4 Å². The number of carbonyl (C=O) groups excluding carboxylic acids is 1. The Balaban J connectivity index is 2.42. The van der Waals surface area contributed by atoms with E-state index in [4.69, 9.17) is 10.5 Å². The molecular formula is C12H24N2O2. The highest BCUT2D eigenvalue weighted by molar-refractivity contribution is 5.76. The van der Waals surface area contributed by atoms with Gasteiger partial charge in [-0.15, -0.1) is 0 Å². The van der Waals surface area contributed by atoms with Crippen LogP contribution >= 0.6 is 0 Å². The van der Waals surface area contributed by atoms with Gasteiger partial charge in [0.05, 0.1) is 12.2 Å². The van der Waals surface area contributed by atoms with E-state index >= 15 is 0 Å². The van der Waals surface area contributed by atoms with Crippen molar-refractivity contribution in [3.63, 3.8) is 0 Å². The Labute approximate surface area is 98.1 Å². The van der Waals surface area contributed by atoms with Crippen LogP contribution in [0.25, 0.3) is 0 Å². The predicted octanol–water partition coefficient (Wildman–Crippen LogP) is 1.14. The van der Waals surface area contributed by atoms with E-state index in [2.05, 4.69) is 6.92 Å². The van der Waals surface area contributed by atoms with Gasteiger partial charge in [-0.3, -0.25) is 4.79 Å². The quantitative estimate of drug-likeness (QED) is 0.785. The number of amides is 1. The van der Waals surface area contributed by atoms with E-state index in [1.165, 1.54) is 0 Å². The molecule has 1 aliphatic rings. The SMILES string of the molecule is CCC1CN(C(=O)CCC(C)N)CC(C)O1. The second kappa shape index (κ2) is 6.21. The van der Waals surface area contributed by atoms with Crippen molar-refractivity contribution in [2.75, 3.05) is 13.1 Å². The van der Waals surface area contributed by atoms with Crippen molar-refractivity contribution in [1.82, 2.24) is 4.90 Å². The Bertz CT molecular complexity index is 231. The van der Waals surface area contributed by atoms with Gasteiger partial charge in [0.15, 0.2) is 0 Å². The molecule has 3 atom stereocenters. The first-order valence-corrected chi connectivity index (χ1v) is 6.21. The smallest absolute Gasteiger partial charge is 0.222 e. The average molecular weight is 228 g/mol. The summed E-state index contributed by atoms with van der Waals surface area (Å²) in [5.74, 6) is 0.214. The van der Waals surface area contributed by atoms with Gasteiger partial charge in [0, 0.05) is 25.6 Å². The summed E-state index contributed by atoms with van der Waals surface area (Å²) in [5, 5.41) is 0. The van der Waals surface area contributed by atoms with Crippen molar-refractivity contribution < 1.29 is 9.53 Å². The molecule has 0 aromatic heterocycles. The Hall–Kier alpha value is -0.610. The summed E-state index contributed by atoms with van der Waals surface area (Å²) < 4.78 is 5.72. The fourth-order valence-corrected chi connectivity index (χ4v) is 1.98. The van der Waals surface area contributed by atoms with Crippen molar-refractivity contribution in [3.05, 3.63) is 0 Å². The van der Waals surface area contributed by atoms with Crippen LogP contribution in [0.3, 0.4) is 0 Å². The summed E-state index contributed by atoms with van der Waals surface area (Å²) >= 11 is 0. The van der Waals surface area contributed by atoms with Gasteiger partial charge in [0.25, 0.3) is 0 Å². The number of nitrogens with two attached hydrogens (primary N) is 1. The molecule has 16 heavy (non-hydrogen) atoms. The van der Waals surface area contributed by atoms with Crippen molar-refractivity contribution in [2.45, 2.75) is 58.3 Å². The van der Waals surface area contributed by atoms with Gasteiger partial charge in [0.2, 0.25) is 5.91 Å². The first-order valence-electron chi connectivity index (χ1n) is 6.21. The molecule has 1 rings (SSSR count). The molecule has 0 bridgehead atoms. The van der Waals surface area contributed by atoms with Crippen LogP contribution in [-0.2, 0) is 9.53 Å². The number of morpholine rings is 1. The lowest BCUT2D eigenvalue weighted by atomic mass is 10.1. The number of ether oxygens (including phenoxy) is 1. The molecule has 94 valence electrons. The van der Waals surface area contributed by atoms with Crippen LogP contribution in [0, 0.1) is 0 Å². The molecule has 0 spiro atoms. The Kier molecular flexibility index (Phi) is 5.22. The van der Waals surface area contributed by atoms with E-state index in [1.54, 1.807) is 0 Å². The Morgan fingerprint density at radius 1 is 1.56 bits per heavy atom. The molecule has 0 aliphatic carbocycles. The summed E-state index contributed by atoms with van der Waals surface area (Å²) in [6.45, 7) is 7.50. The largest absolute Gasteiger partial charge is 0.372 e. The number of hydrogen-bond donors (Lipinski definition) is 1. The van der Waals surface area contributed by atoms with Crippen LogP contribution < -0.4 is 5.73 Å². The normalized spacial score (nSPS) is 27.9. The molecule has 4 nitrogen and oxygen atoms in total. The van der Waals surface area contributed by atoms with Crippen LogP contribution in [0.4, 0.5) is 0 Å². The minimum absolute atomic E-state index is 0.101. The zero-order chi connectivity index (χ0) is 12.1. The monoisotopic (exact) mass is 228 g/mol. The third-order valence-corrected chi connectivity index (χ3v) is 2.95. The lowest BCUT2D eigenvalue weighted by Crippen LogP contribution is -2.49. The molecule has 1 saturated heterocycles. The summed E-state index contributed by atoms with van der Waals surface area (Å²) in [6, 6.07) is 0.101. The highest BCUT2D eigenvalue weighted by Gasteiger charge is 2.26. The number of hydrogen-bond acceptors (Lipinski definition) is 3. The maximum absolute atomic E-state index is 11.9. The fourth-order valence-electron chi connectivity index (χ4n) is 1.98. The molecule has 1 amide bonds. The number of nitrogens with zero attached hydrogens (tertiary/aromatic N) is 1. The predicted molar refractivity (Wildman–Crippen MR) is 64.1 cm³/mol. The average Bonchev–Trinajstić information content (AvgIpc) is 2.24. The van der Waals surface area contributed by atoms with E-state index in [-0.39, 0.29) is 24.2 Å². The van der Waals surface area contributed by atoms with E-state index in [0.29, 0.717) is 13.0 Å². The lowest BCUT2D eigenvalue weighted by molar-refractivity contribution is -0.144. The van der Waals surface area contributed by atoms with Gasteiger partial charge in [0.1, 0.15) is 0 Å². The number of carbonyl (C=O) groups is 1. The standard InChI is InChI=1S/C12H24N2O2/c1-4-11-8-14(7-10(3)16-11)12(15)6-5-9(2)13/h9-11H,4-8,13H2,1-3H3. The van der Waals surface area contributed by atoms with E-state index in [1.807, 2.05) is 18.7 Å². The van der Waals surface area contributed by atoms with Crippen molar-refractivity contribution in [2.24, 2.45) is 5.73 Å². The van der Waals surface area contributed by atoms with Gasteiger partial charge in [-0.2, -0.15) is 0 Å². The van der Waals surface area contributed by atoms with Gasteiger partial charge < -0.3 is 15.4 Å². The summed E-state index contributed by atoms with van der Waals surface area (Å²) in [6.07, 6.45) is 2.63. The van der Waals surface area contributed by atoms with Gasteiger partial charge in [-0.05, 0) is 26.7 Å². The van der Waals surface area contributed by atoms with Crippen molar-refractivity contribution in [3.8, 4) is 0 Å². The fraction of sp³-hybridized carbons (Fsp3) is 0.917.